The lowest BCUT2D eigenvalue weighted by Gasteiger charge is -2.29. The maximum atomic E-state index is 14.1. The number of nitrogens with zero attached hydrogens (tertiary/aromatic N) is 1. The third-order valence-corrected chi connectivity index (χ3v) is 10.1. The molecule has 3 aromatic carbocycles. The van der Waals surface area contributed by atoms with Gasteiger partial charge in [-0.1, -0.05) is 66.7 Å². The summed E-state index contributed by atoms with van der Waals surface area (Å²) in [6.07, 6.45) is 0.372. The second-order valence-corrected chi connectivity index (χ2v) is 13.8. The number of ether oxygens (including phenoxy) is 4. The highest BCUT2D eigenvalue weighted by atomic mass is 16.6. The summed E-state index contributed by atoms with van der Waals surface area (Å²) < 4.78 is 22.5. The monoisotopic (exact) mass is 701 g/mol. The number of fused-ring (bicyclic) bond motifs is 1. The smallest absolute Gasteiger partial charge is 0.407 e. The van der Waals surface area contributed by atoms with Crippen molar-refractivity contribution >= 4 is 12.0 Å². The van der Waals surface area contributed by atoms with Crippen molar-refractivity contribution in [1.82, 2.24) is 15.5 Å². The Morgan fingerprint density at radius 1 is 0.922 bits per heavy atom. The van der Waals surface area contributed by atoms with E-state index in [0.29, 0.717) is 32.5 Å². The minimum Gasteiger partial charge on any atom is -0.492 e. The number of benzene rings is 3. The molecule has 2 saturated heterocycles. The van der Waals surface area contributed by atoms with Crippen molar-refractivity contribution < 1.29 is 38.7 Å². The minimum atomic E-state index is -1.08. The highest BCUT2D eigenvalue weighted by Crippen LogP contribution is 2.32. The third kappa shape index (κ3) is 10.8. The molecule has 0 saturated carbocycles. The van der Waals surface area contributed by atoms with Crippen molar-refractivity contribution in [2.75, 3.05) is 52.7 Å². The van der Waals surface area contributed by atoms with Gasteiger partial charge in [-0.15, -0.1) is 0 Å². The van der Waals surface area contributed by atoms with Crippen molar-refractivity contribution in [3.63, 3.8) is 0 Å². The van der Waals surface area contributed by atoms with Gasteiger partial charge in [0, 0.05) is 38.6 Å². The van der Waals surface area contributed by atoms with Crippen molar-refractivity contribution in [1.29, 1.82) is 0 Å². The molecule has 274 valence electrons. The second-order valence-electron chi connectivity index (χ2n) is 13.8. The van der Waals surface area contributed by atoms with Gasteiger partial charge in [0.05, 0.1) is 43.6 Å². The van der Waals surface area contributed by atoms with Gasteiger partial charge < -0.3 is 39.8 Å². The Morgan fingerprint density at radius 2 is 1.67 bits per heavy atom. The lowest BCUT2D eigenvalue weighted by Crippen LogP contribution is -2.48. The summed E-state index contributed by atoms with van der Waals surface area (Å²) >= 11 is 0. The van der Waals surface area contributed by atoms with Gasteiger partial charge in [0.15, 0.2) is 0 Å². The Morgan fingerprint density at radius 3 is 2.43 bits per heavy atom. The van der Waals surface area contributed by atoms with Crippen molar-refractivity contribution in [2.24, 2.45) is 5.92 Å². The molecule has 6 rings (SSSR count). The molecule has 51 heavy (non-hydrogen) atoms. The molecule has 3 aromatic rings. The molecule has 1 aliphatic carbocycles. The molecule has 6 atom stereocenters. The maximum absolute atomic E-state index is 14.1. The van der Waals surface area contributed by atoms with Gasteiger partial charge in [-0.25, -0.2) is 4.79 Å². The van der Waals surface area contributed by atoms with Crippen molar-refractivity contribution in [3.8, 4) is 5.75 Å². The Hall–Kier alpha value is -4.00. The zero-order valence-electron chi connectivity index (χ0n) is 29.2. The van der Waals surface area contributed by atoms with Crippen LogP contribution in [0.4, 0.5) is 4.79 Å². The second kappa shape index (κ2) is 18.5. The molecular formula is C40H51N3O8. The number of alkyl carbamates (subject to hydrolysis) is 1. The molecule has 2 fully saturated rings. The molecule has 2 heterocycles. The molecular weight excluding hydrogens is 650 g/mol. The van der Waals surface area contributed by atoms with Crippen molar-refractivity contribution in [3.05, 3.63) is 101 Å². The topological polar surface area (TPSA) is 139 Å². The van der Waals surface area contributed by atoms with E-state index in [4.69, 9.17) is 18.9 Å². The first-order valence-electron chi connectivity index (χ1n) is 18.3. The standard InChI is InChI=1S/C40H51N3O8/c44-36(35(24-28-7-2-1-3-8-28)41-40(47)51-27-33-10-6-19-49-33)26-31(39(46)42-38-34-11-5-4-9-30(34)25-37(38)45)23-29-12-14-32(15-13-29)50-22-18-43-16-20-48-21-17-43/h1-5,7-9,11-15,31,33,35-38,44-45H,6,10,16-27H2,(H,41,47)(H,42,46)/t31-,33?,35+,36+,37-,38+/m1/s1. The largest absolute Gasteiger partial charge is 0.492 e. The summed E-state index contributed by atoms with van der Waals surface area (Å²) in [4.78, 5) is 29.4. The quantitative estimate of drug-likeness (QED) is 0.177. The highest BCUT2D eigenvalue weighted by molar-refractivity contribution is 5.80. The maximum Gasteiger partial charge on any atom is 0.407 e. The van der Waals surface area contributed by atoms with Crippen LogP contribution >= 0.6 is 0 Å². The van der Waals surface area contributed by atoms with Gasteiger partial charge in [-0.3, -0.25) is 9.69 Å². The first-order chi connectivity index (χ1) is 24.9. The van der Waals surface area contributed by atoms with Crippen LogP contribution in [0.25, 0.3) is 0 Å². The summed E-state index contributed by atoms with van der Waals surface area (Å²) in [5, 5.41) is 28.7. The van der Waals surface area contributed by atoms with Gasteiger partial charge in [-0.05, 0) is 66.5 Å². The molecule has 4 N–H and O–H groups in total. The molecule has 0 aromatic heterocycles. The summed E-state index contributed by atoms with van der Waals surface area (Å²) in [5.41, 5.74) is 3.73. The van der Waals surface area contributed by atoms with Gasteiger partial charge in [0.1, 0.15) is 19.0 Å². The van der Waals surface area contributed by atoms with Gasteiger partial charge in [0.2, 0.25) is 5.91 Å². The van der Waals surface area contributed by atoms with Gasteiger partial charge >= 0.3 is 6.09 Å². The predicted octanol–water partition coefficient (Wildman–Crippen LogP) is 3.60. The number of carbonyl (C=O) groups is 2. The lowest BCUT2D eigenvalue weighted by molar-refractivity contribution is -0.127. The molecule has 0 radical (unpaired) electrons. The number of rotatable bonds is 16. The van der Waals surface area contributed by atoms with E-state index in [1.54, 1.807) is 0 Å². The van der Waals surface area contributed by atoms with Crippen LogP contribution in [-0.2, 0) is 38.3 Å². The number of aliphatic hydroxyl groups is 2. The van der Waals surface area contributed by atoms with E-state index >= 15 is 0 Å². The van der Waals surface area contributed by atoms with Gasteiger partial charge in [-0.2, -0.15) is 0 Å². The van der Waals surface area contributed by atoms with Crippen molar-refractivity contribution in [2.45, 2.75) is 68.9 Å². The normalized spacial score (nSPS) is 22.0. The first kappa shape index (κ1) is 36.8. The Bertz CT molecular complexity index is 1530. The minimum absolute atomic E-state index is 0.0671. The van der Waals surface area contributed by atoms with Crippen LogP contribution in [0.1, 0.15) is 47.6 Å². The van der Waals surface area contributed by atoms with Gasteiger partial charge in [0.25, 0.3) is 0 Å². The third-order valence-electron chi connectivity index (χ3n) is 10.1. The predicted molar refractivity (Wildman–Crippen MR) is 191 cm³/mol. The first-order valence-corrected chi connectivity index (χ1v) is 18.3. The van der Waals surface area contributed by atoms with E-state index in [9.17, 15) is 19.8 Å². The van der Waals surface area contributed by atoms with Crippen LogP contribution < -0.4 is 15.4 Å². The zero-order chi connectivity index (χ0) is 35.4. The molecule has 3 aliphatic rings. The van der Waals surface area contributed by atoms with Crippen LogP contribution in [0.5, 0.6) is 5.75 Å². The highest BCUT2D eigenvalue weighted by Gasteiger charge is 2.35. The number of carbonyl (C=O) groups excluding carboxylic acids is 2. The number of nitrogens with one attached hydrogen (secondary N) is 2. The molecule has 1 unspecified atom stereocenters. The van der Waals surface area contributed by atoms with E-state index in [1.807, 2.05) is 78.9 Å². The Balaban J connectivity index is 1.15. The van der Waals surface area contributed by atoms with E-state index in [0.717, 1.165) is 73.7 Å². The number of morpholine rings is 1. The molecule has 11 heteroatoms. The fourth-order valence-corrected chi connectivity index (χ4v) is 7.17. The van der Waals surface area contributed by atoms with Crippen LogP contribution in [0.3, 0.4) is 0 Å². The zero-order valence-corrected chi connectivity index (χ0v) is 29.2. The van der Waals surface area contributed by atoms with E-state index in [-0.39, 0.29) is 25.0 Å². The summed E-state index contributed by atoms with van der Waals surface area (Å²) in [5.74, 6) is -0.205. The molecule has 11 nitrogen and oxygen atoms in total. The van der Waals surface area contributed by atoms with E-state index in [2.05, 4.69) is 15.5 Å². The average Bonchev–Trinajstić information content (AvgIpc) is 3.79. The molecule has 2 amide bonds. The van der Waals surface area contributed by atoms with Crippen LogP contribution in [-0.4, -0.2) is 104 Å². The van der Waals surface area contributed by atoms with Crippen LogP contribution in [0.15, 0.2) is 78.9 Å². The lowest BCUT2D eigenvalue weighted by atomic mass is 9.88. The van der Waals surface area contributed by atoms with E-state index < -0.39 is 36.3 Å². The summed E-state index contributed by atoms with van der Waals surface area (Å²) in [7, 11) is 0. The summed E-state index contributed by atoms with van der Waals surface area (Å²) in [6, 6.07) is 23.7. The number of hydrogen-bond acceptors (Lipinski definition) is 9. The molecule has 0 bridgehead atoms. The SMILES string of the molecule is O=C(N[C@@H](Cc1ccccc1)[C@@H](O)C[C@@H](Cc1ccc(OCCN2CCOCC2)cc1)C(=O)N[C@H]1c2ccccc2C[C@H]1O)OCC1CCCO1. The summed E-state index contributed by atoms with van der Waals surface area (Å²) in [6.45, 7) is 5.47. The number of hydrogen-bond donors (Lipinski definition) is 4. The number of amides is 2. The Kier molecular flexibility index (Phi) is 13.3. The fourth-order valence-electron chi connectivity index (χ4n) is 7.17. The average molecular weight is 702 g/mol. The van der Waals surface area contributed by atoms with Crippen LogP contribution in [0.2, 0.25) is 0 Å². The number of aliphatic hydroxyl groups excluding tert-OH is 2. The van der Waals surface area contributed by atoms with Crippen LogP contribution in [0, 0.1) is 5.92 Å². The van der Waals surface area contributed by atoms with E-state index in [1.165, 1.54) is 0 Å². The molecule has 0 spiro atoms. The fraction of sp³-hybridized carbons (Fsp3) is 0.500. The molecule has 2 aliphatic heterocycles. The Labute approximate surface area is 300 Å².